The summed E-state index contributed by atoms with van der Waals surface area (Å²) >= 11 is 0. The van der Waals surface area contributed by atoms with Gasteiger partial charge in [0.1, 0.15) is 5.82 Å². The molecule has 0 unspecified atom stereocenters. The maximum atomic E-state index is 13.0. The number of nitrogens with two attached hydrogens (primary N) is 1. The van der Waals surface area contributed by atoms with Crippen LogP contribution in [0.1, 0.15) is 23.2 Å². The van der Waals surface area contributed by atoms with E-state index in [1.165, 1.54) is 42.5 Å². The van der Waals surface area contributed by atoms with E-state index in [9.17, 15) is 17.6 Å². The van der Waals surface area contributed by atoms with Crippen LogP contribution in [0.25, 0.3) is 0 Å². The molecule has 0 bridgehead atoms. The van der Waals surface area contributed by atoms with Gasteiger partial charge in [0.2, 0.25) is 0 Å². The molecule has 1 aliphatic heterocycles. The maximum absolute atomic E-state index is 13.0. The second-order valence-electron chi connectivity index (χ2n) is 6.27. The Kier molecular flexibility index (Phi) is 5.24. The van der Waals surface area contributed by atoms with E-state index < -0.39 is 15.8 Å². The predicted octanol–water partition coefficient (Wildman–Crippen LogP) is 2.19. The van der Waals surface area contributed by atoms with Crippen molar-refractivity contribution in [3.05, 3.63) is 59.9 Å². The molecule has 0 radical (unpaired) electrons. The molecule has 1 aliphatic rings. The predicted molar refractivity (Wildman–Crippen MR) is 96.8 cm³/mol. The number of hydrogen-bond donors (Lipinski definition) is 2. The molecule has 2 aromatic rings. The molecule has 1 saturated heterocycles. The minimum absolute atomic E-state index is 0.0265. The van der Waals surface area contributed by atoms with Crippen molar-refractivity contribution in [2.45, 2.75) is 23.8 Å². The summed E-state index contributed by atoms with van der Waals surface area (Å²) in [5.41, 5.74) is 6.40. The van der Waals surface area contributed by atoms with E-state index in [0.29, 0.717) is 18.7 Å². The first-order valence-electron chi connectivity index (χ1n) is 8.28. The van der Waals surface area contributed by atoms with Gasteiger partial charge in [0, 0.05) is 30.4 Å². The first-order valence-corrected chi connectivity index (χ1v) is 9.77. The van der Waals surface area contributed by atoms with Crippen LogP contribution in [0.15, 0.2) is 53.4 Å². The number of amides is 1. The zero-order valence-corrected chi connectivity index (χ0v) is 14.9. The quantitative estimate of drug-likeness (QED) is 0.854. The summed E-state index contributed by atoms with van der Waals surface area (Å²) in [6.45, 7) is 1.12. The van der Waals surface area contributed by atoms with Gasteiger partial charge in [-0.15, -0.1) is 0 Å². The van der Waals surface area contributed by atoms with Crippen LogP contribution >= 0.6 is 0 Å². The highest BCUT2D eigenvalue weighted by Gasteiger charge is 2.23. The lowest BCUT2D eigenvalue weighted by Gasteiger charge is -2.30. The molecule has 0 aliphatic carbocycles. The van der Waals surface area contributed by atoms with Crippen molar-refractivity contribution in [1.82, 2.24) is 4.90 Å². The molecule has 3 N–H and O–H groups in total. The van der Waals surface area contributed by atoms with Gasteiger partial charge in [-0.2, -0.15) is 0 Å². The first kappa shape index (κ1) is 18.3. The fourth-order valence-corrected chi connectivity index (χ4v) is 3.92. The van der Waals surface area contributed by atoms with E-state index in [1.54, 1.807) is 11.0 Å². The number of benzene rings is 2. The van der Waals surface area contributed by atoms with Gasteiger partial charge in [-0.1, -0.05) is 6.07 Å². The lowest BCUT2D eigenvalue weighted by atomic mass is 10.0. The van der Waals surface area contributed by atoms with Crippen LogP contribution in [0.2, 0.25) is 0 Å². The minimum atomic E-state index is -3.88. The molecule has 6 nitrogen and oxygen atoms in total. The normalized spacial score (nSPS) is 15.7. The molecule has 0 atom stereocenters. The van der Waals surface area contributed by atoms with Crippen molar-refractivity contribution in [3.8, 4) is 0 Å². The zero-order valence-electron chi connectivity index (χ0n) is 14.1. The molecular weight excluding hydrogens is 357 g/mol. The smallest absolute Gasteiger partial charge is 0.261 e. The highest BCUT2D eigenvalue weighted by molar-refractivity contribution is 7.92. The number of likely N-dealkylation sites (tertiary alicyclic amines) is 1. The Hall–Kier alpha value is -2.45. The lowest BCUT2D eigenvalue weighted by molar-refractivity contribution is 0.0714. The van der Waals surface area contributed by atoms with E-state index >= 15 is 0 Å². The molecule has 138 valence electrons. The van der Waals surface area contributed by atoms with E-state index in [0.717, 1.165) is 12.8 Å². The van der Waals surface area contributed by atoms with Gasteiger partial charge in [-0.3, -0.25) is 9.52 Å². The molecule has 1 heterocycles. The number of piperidine rings is 1. The third-order valence-corrected chi connectivity index (χ3v) is 5.69. The van der Waals surface area contributed by atoms with Crippen molar-refractivity contribution in [3.63, 3.8) is 0 Å². The fourth-order valence-electron chi connectivity index (χ4n) is 2.81. The number of nitrogens with one attached hydrogen (secondary N) is 1. The number of carbonyl (C=O) groups excluding carboxylic acids is 1. The van der Waals surface area contributed by atoms with Crippen LogP contribution < -0.4 is 10.5 Å². The zero-order chi connectivity index (χ0) is 18.7. The molecule has 26 heavy (non-hydrogen) atoms. The Morgan fingerprint density at radius 2 is 1.77 bits per heavy atom. The molecule has 1 fully saturated rings. The Balaban J connectivity index is 1.79. The summed E-state index contributed by atoms with van der Waals surface area (Å²) in [4.78, 5) is 14.3. The van der Waals surface area contributed by atoms with Gasteiger partial charge in [-0.25, -0.2) is 12.8 Å². The molecule has 0 spiro atoms. The molecule has 0 saturated carbocycles. The Labute approximate surface area is 151 Å². The topological polar surface area (TPSA) is 92.5 Å². The second-order valence-corrected chi connectivity index (χ2v) is 7.95. The van der Waals surface area contributed by atoms with Crippen LogP contribution in [-0.2, 0) is 10.0 Å². The van der Waals surface area contributed by atoms with Crippen LogP contribution in [0.4, 0.5) is 10.1 Å². The van der Waals surface area contributed by atoms with Gasteiger partial charge in [0.15, 0.2) is 0 Å². The number of hydrogen-bond acceptors (Lipinski definition) is 4. The summed E-state index contributed by atoms with van der Waals surface area (Å²) < 4.78 is 40.4. The van der Waals surface area contributed by atoms with E-state index in [2.05, 4.69) is 4.72 Å². The van der Waals surface area contributed by atoms with Gasteiger partial charge in [0.25, 0.3) is 15.9 Å². The molecule has 1 amide bonds. The van der Waals surface area contributed by atoms with Gasteiger partial charge in [0.05, 0.1) is 4.90 Å². The summed E-state index contributed by atoms with van der Waals surface area (Å²) in [5.74, 6) is -0.669. The van der Waals surface area contributed by atoms with E-state index in [1.807, 2.05) is 0 Å². The standard InChI is InChI=1S/C18H20FN3O3S/c19-14-4-6-16(7-5-14)21-26(24,25)17-3-1-2-13(12-17)18(23)22-10-8-15(20)9-11-22/h1-7,12,15,21H,8-11,20H2. The third kappa shape index (κ3) is 4.20. The molecule has 0 aromatic heterocycles. The SMILES string of the molecule is NC1CCN(C(=O)c2cccc(S(=O)(=O)Nc3ccc(F)cc3)c2)CC1. The Morgan fingerprint density at radius 3 is 2.42 bits per heavy atom. The van der Waals surface area contributed by atoms with Crippen LogP contribution in [0, 0.1) is 5.82 Å². The Bertz CT molecular complexity index is 892. The number of carbonyl (C=O) groups is 1. The second kappa shape index (κ2) is 7.43. The first-order chi connectivity index (χ1) is 12.3. The van der Waals surface area contributed by atoms with E-state index in [-0.39, 0.29) is 22.5 Å². The van der Waals surface area contributed by atoms with Gasteiger partial charge < -0.3 is 10.6 Å². The fraction of sp³-hybridized carbons (Fsp3) is 0.278. The summed E-state index contributed by atoms with van der Waals surface area (Å²) in [5, 5.41) is 0. The molecular formula is C18H20FN3O3S. The van der Waals surface area contributed by atoms with Crippen LogP contribution in [-0.4, -0.2) is 38.4 Å². The van der Waals surface area contributed by atoms with Crippen LogP contribution in [0.5, 0.6) is 0 Å². The monoisotopic (exact) mass is 377 g/mol. The van der Waals surface area contributed by atoms with Gasteiger partial charge in [-0.05, 0) is 55.3 Å². The molecule has 2 aromatic carbocycles. The van der Waals surface area contributed by atoms with Gasteiger partial charge >= 0.3 is 0 Å². The van der Waals surface area contributed by atoms with Crippen LogP contribution in [0.3, 0.4) is 0 Å². The summed E-state index contributed by atoms with van der Waals surface area (Å²) in [7, 11) is -3.88. The van der Waals surface area contributed by atoms with E-state index in [4.69, 9.17) is 5.73 Å². The molecule has 3 rings (SSSR count). The van der Waals surface area contributed by atoms with Crippen molar-refractivity contribution in [2.24, 2.45) is 5.73 Å². The largest absolute Gasteiger partial charge is 0.339 e. The highest BCUT2D eigenvalue weighted by Crippen LogP contribution is 2.19. The summed E-state index contributed by atoms with van der Waals surface area (Å²) in [6.07, 6.45) is 1.46. The summed E-state index contributed by atoms with van der Waals surface area (Å²) in [6, 6.07) is 11.0. The average Bonchev–Trinajstić information content (AvgIpc) is 2.64. The third-order valence-electron chi connectivity index (χ3n) is 4.31. The average molecular weight is 377 g/mol. The highest BCUT2D eigenvalue weighted by atomic mass is 32.2. The molecule has 8 heteroatoms. The Morgan fingerprint density at radius 1 is 1.12 bits per heavy atom. The minimum Gasteiger partial charge on any atom is -0.339 e. The van der Waals surface area contributed by atoms with Crippen molar-refractivity contribution < 1.29 is 17.6 Å². The maximum Gasteiger partial charge on any atom is 0.261 e. The van der Waals surface area contributed by atoms with Crippen molar-refractivity contribution >= 4 is 21.6 Å². The number of nitrogens with zero attached hydrogens (tertiary/aromatic N) is 1. The van der Waals surface area contributed by atoms with Crippen molar-refractivity contribution in [2.75, 3.05) is 17.8 Å². The lowest BCUT2D eigenvalue weighted by Crippen LogP contribution is -2.42. The number of sulfonamides is 1. The number of anilines is 1. The van der Waals surface area contributed by atoms with Crippen molar-refractivity contribution in [1.29, 1.82) is 0 Å². The number of rotatable bonds is 4. The number of halogens is 1.